The van der Waals surface area contributed by atoms with Gasteiger partial charge in [-0.25, -0.2) is 0 Å². The molecule has 2 heterocycles. The van der Waals surface area contributed by atoms with E-state index in [0.29, 0.717) is 12.6 Å². The molecule has 27 heavy (non-hydrogen) atoms. The van der Waals surface area contributed by atoms with Crippen molar-refractivity contribution >= 4 is 41.7 Å². The van der Waals surface area contributed by atoms with Crippen LogP contribution in [0.25, 0.3) is 0 Å². The largest absolute Gasteiger partial charge is 0.387 e. The summed E-state index contributed by atoms with van der Waals surface area (Å²) in [6.07, 6.45) is 3.20. The van der Waals surface area contributed by atoms with Crippen LogP contribution in [0.2, 0.25) is 0 Å². The van der Waals surface area contributed by atoms with Crippen LogP contribution in [-0.4, -0.2) is 65.3 Å². The van der Waals surface area contributed by atoms with E-state index in [2.05, 4.69) is 57.8 Å². The fraction of sp³-hybridized carbons (Fsp3) is 0.650. The van der Waals surface area contributed by atoms with Gasteiger partial charge < -0.3 is 15.7 Å². The summed E-state index contributed by atoms with van der Waals surface area (Å²) in [4.78, 5) is 7.20. The predicted molar refractivity (Wildman–Crippen MR) is 126 cm³/mol. The highest BCUT2D eigenvalue weighted by Gasteiger charge is 2.31. The first kappa shape index (κ1) is 22.8. The summed E-state index contributed by atoms with van der Waals surface area (Å²) in [6, 6.07) is 11.1. The number of aliphatic hydroxyl groups is 1. The number of rotatable bonds is 6. The van der Waals surface area contributed by atoms with E-state index in [9.17, 15) is 5.11 Å². The van der Waals surface area contributed by atoms with Gasteiger partial charge >= 0.3 is 0 Å². The Morgan fingerprint density at radius 1 is 1.37 bits per heavy atom. The lowest BCUT2D eigenvalue weighted by Crippen LogP contribution is -2.51. The Hall–Kier alpha value is -0.510. The van der Waals surface area contributed by atoms with Crippen LogP contribution in [0, 0.1) is 0 Å². The van der Waals surface area contributed by atoms with Crippen LogP contribution in [0.15, 0.2) is 35.3 Å². The van der Waals surface area contributed by atoms with Crippen molar-refractivity contribution in [2.45, 2.75) is 44.4 Å². The fourth-order valence-corrected chi connectivity index (χ4v) is 4.90. The highest BCUT2D eigenvalue weighted by molar-refractivity contribution is 14.0. The number of thioether (sulfide) groups is 1. The second-order valence-corrected chi connectivity index (χ2v) is 8.53. The molecule has 2 fully saturated rings. The molecule has 3 N–H and O–H groups in total. The Bertz CT molecular complexity index is 581. The van der Waals surface area contributed by atoms with Crippen LogP contribution in [0.1, 0.15) is 31.7 Å². The van der Waals surface area contributed by atoms with Gasteiger partial charge in [0.25, 0.3) is 0 Å². The van der Waals surface area contributed by atoms with Crippen LogP contribution in [0.5, 0.6) is 0 Å². The second kappa shape index (κ2) is 11.5. The van der Waals surface area contributed by atoms with Crippen molar-refractivity contribution in [3.05, 3.63) is 35.9 Å². The molecular formula is C20H33IN4OS. The molecule has 0 aliphatic carbocycles. The summed E-state index contributed by atoms with van der Waals surface area (Å²) in [5.41, 5.74) is 0.744. The molecule has 5 nitrogen and oxygen atoms in total. The Kier molecular flexibility index (Phi) is 9.69. The van der Waals surface area contributed by atoms with Gasteiger partial charge in [-0.05, 0) is 44.0 Å². The first-order chi connectivity index (χ1) is 12.7. The second-order valence-electron chi connectivity index (χ2n) is 7.43. The first-order valence-corrected chi connectivity index (χ1v) is 10.9. The van der Waals surface area contributed by atoms with Crippen molar-refractivity contribution < 1.29 is 5.11 Å². The van der Waals surface area contributed by atoms with Crippen molar-refractivity contribution in [3.8, 4) is 0 Å². The zero-order valence-corrected chi connectivity index (χ0v) is 19.3. The lowest BCUT2D eigenvalue weighted by atomic mass is 10.0. The molecular weight excluding hydrogens is 471 g/mol. The molecule has 0 amide bonds. The van der Waals surface area contributed by atoms with Crippen LogP contribution in [-0.2, 0) is 6.54 Å². The molecule has 2 saturated heterocycles. The summed E-state index contributed by atoms with van der Waals surface area (Å²) in [5.74, 6) is 2.67. The number of hydrogen-bond acceptors (Lipinski definition) is 4. The van der Waals surface area contributed by atoms with Gasteiger partial charge in [-0.15, -0.1) is 24.0 Å². The normalized spacial score (nSPS) is 26.4. The minimum Gasteiger partial charge on any atom is -0.387 e. The summed E-state index contributed by atoms with van der Waals surface area (Å²) >= 11 is 1.82. The van der Waals surface area contributed by atoms with Crippen LogP contribution < -0.4 is 10.6 Å². The number of hydrogen-bond donors (Lipinski definition) is 3. The number of aliphatic imine (C=N–C) groups is 1. The van der Waals surface area contributed by atoms with Crippen molar-refractivity contribution in [3.63, 3.8) is 0 Å². The average Bonchev–Trinajstić information content (AvgIpc) is 3.08. The average molecular weight is 504 g/mol. The summed E-state index contributed by atoms with van der Waals surface area (Å²) in [6.45, 7) is 6.58. The molecule has 2 atom stereocenters. The predicted octanol–water partition coefficient (Wildman–Crippen LogP) is 2.69. The maximum atomic E-state index is 10.5. The number of halogens is 1. The van der Waals surface area contributed by atoms with Crippen molar-refractivity contribution in [2.75, 3.05) is 37.7 Å². The molecule has 0 spiro atoms. The van der Waals surface area contributed by atoms with Gasteiger partial charge in [0, 0.05) is 31.4 Å². The van der Waals surface area contributed by atoms with E-state index in [1.807, 2.05) is 11.8 Å². The monoisotopic (exact) mass is 504 g/mol. The van der Waals surface area contributed by atoms with Gasteiger partial charge in [0.05, 0.1) is 12.1 Å². The highest BCUT2D eigenvalue weighted by Crippen LogP contribution is 2.27. The van der Waals surface area contributed by atoms with Gasteiger partial charge in [-0.2, -0.15) is 11.8 Å². The van der Waals surface area contributed by atoms with Gasteiger partial charge in [-0.3, -0.25) is 9.89 Å². The van der Waals surface area contributed by atoms with E-state index in [0.717, 1.165) is 56.5 Å². The summed E-state index contributed by atoms with van der Waals surface area (Å²) < 4.78 is 0. The van der Waals surface area contributed by atoms with E-state index >= 15 is 0 Å². The van der Waals surface area contributed by atoms with Crippen LogP contribution in [0.3, 0.4) is 0 Å². The molecule has 3 rings (SSSR count). The zero-order valence-electron chi connectivity index (χ0n) is 16.2. The zero-order chi connectivity index (χ0) is 18.2. The van der Waals surface area contributed by atoms with Crippen molar-refractivity contribution in [1.82, 2.24) is 15.5 Å². The lowest BCUT2D eigenvalue weighted by Gasteiger charge is -2.34. The van der Waals surface area contributed by atoms with Crippen molar-refractivity contribution in [1.29, 1.82) is 0 Å². The van der Waals surface area contributed by atoms with E-state index in [-0.39, 0.29) is 24.0 Å². The maximum absolute atomic E-state index is 10.5. The number of guanidine groups is 1. The SMILES string of the molecule is CCNC(=NCC1(O)CCSC1)NC1CCCN(Cc2ccccc2)C1.I. The fourth-order valence-electron chi connectivity index (χ4n) is 3.62. The molecule has 0 radical (unpaired) electrons. The molecule has 152 valence electrons. The molecule has 1 aromatic carbocycles. The molecule has 0 bridgehead atoms. The minimum atomic E-state index is -0.626. The maximum Gasteiger partial charge on any atom is 0.191 e. The minimum absolute atomic E-state index is 0. The smallest absolute Gasteiger partial charge is 0.191 e. The highest BCUT2D eigenvalue weighted by atomic mass is 127. The number of likely N-dealkylation sites (tertiary alicyclic amines) is 1. The number of benzene rings is 1. The molecule has 7 heteroatoms. The Morgan fingerprint density at radius 3 is 2.89 bits per heavy atom. The molecule has 0 aromatic heterocycles. The van der Waals surface area contributed by atoms with E-state index in [1.54, 1.807) is 0 Å². The van der Waals surface area contributed by atoms with Gasteiger partial charge in [0.2, 0.25) is 0 Å². The third-order valence-corrected chi connectivity index (χ3v) is 6.29. The Balaban J connectivity index is 0.00000261. The third kappa shape index (κ3) is 7.44. The van der Waals surface area contributed by atoms with Gasteiger partial charge in [-0.1, -0.05) is 30.3 Å². The molecule has 2 aliphatic rings. The first-order valence-electron chi connectivity index (χ1n) is 9.78. The van der Waals surface area contributed by atoms with Crippen LogP contribution >= 0.6 is 35.7 Å². The Labute approximate surface area is 184 Å². The molecule has 1 aromatic rings. The molecule has 0 saturated carbocycles. The van der Waals surface area contributed by atoms with E-state index < -0.39 is 5.60 Å². The van der Waals surface area contributed by atoms with Crippen molar-refractivity contribution in [2.24, 2.45) is 4.99 Å². The van der Waals surface area contributed by atoms with Gasteiger partial charge in [0.1, 0.15) is 0 Å². The third-order valence-electron chi connectivity index (χ3n) is 5.05. The number of nitrogens with zero attached hydrogens (tertiary/aromatic N) is 2. The Morgan fingerprint density at radius 2 is 2.19 bits per heavy atom. The van der Waals surface area contributed by atoms with Crippen LogP contribution in [0.4, 0.5) is 0 Å². The molecule has 2 aliphatic heterocycles. The van der Waals surface area contributed by atoms with E-state index in [1.165, 1.54) is 12.0 Å². The number of piperidine rings is 1. The topological polar surface area (TPSA) is 59.9 Å². The summed E-state index contributed by atoms with van der Waals surface area (Å²) in [5, 5.41) is 17.5. The lowest BCUT2D eigenvalue weighted by molar-refractivity contribution is 0.0778. The quantitative estimate of drug-likeness (QED) is 0.316. The summed E-state index contributed by atoms with van der Waals surface area (Å²) in [7, 11) is 0. The van der Waals surface area contributed by atoms with E-state index in [4.69, 9.17) is 0 Å². The molecule has 2 unspecified atom stereocenters. The number of nitrogens with one attached hydrogen (secondary N) is 2. The van der Waals surface area contributed by atoms with Gasteiger partial charge in [0.15, 0.2) is 5.96 Å². The standard InChI is InChI=1S/C20H32N4OS.HI/c1-2-21-19(22-15-20(25)10-12-26-16-20)23-18-9-6-11-24(14-18)13-17-7-4-3-5-8-17;/h3-5,7-8,18,25H,2,6,9-16H2,1H3,(H2,21,22,23);1H.